The van der Waals surface area contributed by atoms with Crippen LogP contribution in [0.25, 0.3) is 10.9 Å². The summed E-state index contributed by atoms with van der Waals surface area (Å²) in [6, 6.07) is 14.2. The van der Waals surface area contributed by atoms with Gasteiger partial charge in [-0.1, -0.05) is 23.8 Å². The van der Waals surface area contributed by atoms with Crippen molar-refractivity contribution >= 4 is 27.0 Å². The Morgan fingerprint density at radius 3 is 2.53 bits per heavy atom. The maximum Gasteiger partial charge on any atom is 0.328 e. The summed E-state index contributed by atoms with van der Waals surface area (Å²) in [4.78, 5) is 12.2. The fraction of sp³-hybridized carbons (Fsp3) is 0.348. The van der Waals surface area contributed by atoms with Crippen molar-refractivity contribution in [3.63, 3.8) is 0 Å². The lowest BCUT2D eigenvalue weighted by Crippen LogP contribution is -2.18. The van der Waals surface area contributed by atoms with Gasteiger partial charge in [-0.25, -0.2) is 4.79 Å². The van der Waals surface area contributed by atoms with E-state index in [9.17, 15) is 13.2 Å². The number of ether oxygens (including phenoxy) is 1. The second kappa shape index (κ2) is 9.45. The number of nitrogens with zero attached hydrogens (tertiary/aromatic N) is 1. The lowest BCUT2D eigenvalue weighted by Gasteiger charge is -2.14. The predicted octanol–water partition coefficient (Wildman–Crippen LogP) is 4.41. The summed E-state index contributed by atoms with van der Waals surface area (Å²) >= 11 is 0. The van der Waals surface area contributed by atoms with Crippen molar-refractivity contribution in [1.29, 1.82) is 0 Å². The Hall–Kier alpha value is -2.64. The average Bonchev–Trinajstić information content (AvgIpc) is 3.14. The minimum atomic E-state index is -3.73. The lowest BCUT2D eigenvalue weighted by atomic mass is 10.1. The molecule has 3 rings (SSSR count). The van der Waals surface area contributed by atoms with Crippen LogP contribution in [-0.2, 0) is 30.3 Å². The van der Waals surface area contributed by atoms with Crippen LogP contribution in [0.15, 0.2) is 59.6 Å². The highest BCUT2D eigenvalue weighted by Crippen LogP contribution is 2.23. The van der Waals surface area contributed by atoms with Crippen LogP contribution in [0.3, 0.4) is 0 Å². The van der Waals surface area contributed by atoms with Gasteiger partial charge in [-0.3, -0.25) is 4.18 Å². The number of fused-ring (bicyclic) bond motifs is 1. The minimum Gasteiger partial charge on any atom is -0.464 e. The first-order valence-electron chi connectivity index (χ1n) is 10.0. The van der Waals surface area contributed by atoms with E-state index >= 15 is 0 Å². The first-order chi connectivity index (χ1) is 14.3. The quantitative estimate of drug-likeness (QED) is 0.286. The smallest absolute Gasteiger partial charge is 0.328 e. The van der Waals surface area contributed by atoms with E-state index in [0.717, 1.165) is 22.0 Å². The predicted molar refractivity (Wildman–Crippen MR) is 116 cm³/mol. The van der Waals surface area contributed by atoms with Crippen molar-refractivity contribution in [2.24, 2.45) is 0 Å². The van der Waals surface area contributed by atoms with Gasteiger partial charge in [0.15, 0.2) is 0 Å². The molecule has 1 unspecified atom stereocenters. The maximum absolute atomic E-state index is 12.2. The van der Waals surface area contributed by atoms with Gasteiger partial charge >= 0.3 is 5.97 Å². The van der Waals surface area contributed by atoms with Gasteiger partial charge in [-0.2, -0.15) is 8.42 Å². The number of carbonyl (C=O) groups is 1. The van der Waals surface area contributed by atoms with Gasteiger partial charge in [0.05, 0.1) is 18.1 Å². The summed E-state index contributed by atoms with van der Waals surface area (Å²) in [5.41, 5.74) is 3.03. The number of carbonyl (C=O) groups excluding carboxylic acids is 1. The second-order valence-corrected chi connectivity index (χ2v) is 8.85. The summed E-state index contributed by atoms with van der Waals surface area (Å²) in [6.45, 7) is 5.99. The Morgan fingerprint density at radius 2 is 1.83 bits per heavy atom. The summed E-state index contributed by atoms with van der Waals surface area (Å²) in [7, 11) is -3.73. The van der Waals surface area contributed by atoms with Crippen molar-refractivity contribution in [2.75, 3.05) is 13.2 Å². The Labute approximate surface area is 177 Å². The molecule has 30 heavy (non-hydrogen) atoms. The molecule has 1 aromatic heterocycles. The number of aromatic nitrogens is 1. The topological polar surface area (TPSA) is 74.6 Å². The summed E-state index contributed by atoms with van der Waals surface area (Å²) < 4.78 is 36.6. The summed E-state index contributed by atoms with van der Waals surface area (Å²) in [5.74, 6) is -0.258. The highest BCUT2D eigenvalue weighted by atomic mass is 32.2. The maximum atomic E-state index is 12.2. The van der Waals surface area contributed by atoms with Gasteiger partial charge in [0.2, 0.25) is 0 Å². The molecule has 2 aromatic carbocycles. The van der Waals surface area contributed by atoms with E-state index in [1.807, 2.05) is 42.8 Å². The Morgan fingerprint density at radius 1 is 1.10 bits per heavy atom. The molecule has 0 aliphatic heterocycles. The molecular weight excluding hydrogens is 402 g/mol. The third-order valence-electron chi connectivity index (χ3n) is 4.99. The third-order valence-corrected chi connectivity index (χ3v) is 6.31. The molecule has 7 heteroatoms. The number of aryl methyl sites for hydroxylation is 2. The average molecular weight is 430 g/mol. The lowest BCUT2D eigenvalue weighted by molar-refractivity contribution is -0.146. The molecule has 0 saturated heterocycles. The third kappa shape index (κ3) is 5.09. The first kappa shape index (κ1) is 22.1. The standard InChI is InChI=1S/C23H27NO5S/c1-4-28-23(25)18(3)24-14-13-20-16-19(9-12-22(20)24)6-5-15-29-30(26,27)21-10-7-17(2)8-11-21/h7-14,16,18H,4-6,15H2,1-3H3. The van der Waals surface area contributed by atoms with Crippen molar-refractivity contribution in [3.05, 3.63) is 65.9 Å². The molecule has 0 bridgehead atoms. The van der Waals surface area contributed by atoms with Crippen LogP contribution in [0.5, 0.6) is 0 Å². The van der Waals surface area contributed by atoms with Crippen molar-refractivity contribution in [2.45, 2.75) is 44.6 Å². The van der Waals surface area contributed by atoms with Gasteiger partial charge in [-0.15, -0.1) is 0 Å². The largest absolute Gasteiger partial charge is 0.464 e. The number of rotatable bonds is 9. The highest BCUT2D eigenvalue weighted by molar-refractivity contribution is 7.86. The van der Waals surface area contributed by atoms with Crippen LogP contribution in [0.2, 0.25) is 0 Å². The summed E-state index contributed by atoms with van der Waals surface area (Å²) in [6.07, 6.45) is 3.15. The van der Waals surface area contributed by atoms with Gasteiger partial charge in [0, 0.05) is 11.7 Å². The van der Waals surface area contributed by atoms with Crippen LogP contribution >= 0.6 is 0 Å². The molecule has 3 aromatic rings. The number of hydrogen-bond donors (Lipinski definition) is 0. The molecule has 0 fully saturated rings. The fourth-order valence-corrected chi connectivity index (χ4v) is 4.24. The van der Waals surface area contributed by atoms with Crippen molar-refractivity contribution in [1.82, 2.24) is 4.57 Å². The van der Waals surface area contributed by atoms with Gasteiger partial charge in [-0.05, 0) is 74.9 Å². The molecule has 1 atom stereocenters. The minimum absolute atomic E-state index is 0.120. The van der Waals surface area contributed by atoms with Gasteiger partial charge < -0.3 is 9.30 Å². The van der Waals surface area contributed by atoms with E-state index in [4.69, 9.17) is 8.92 Å². The molecule has 0 saturated carbocycles. The SMILES string of the molecule is CCOC(=O)C(C)n1ccc2cc(CCCOS(=O)(=O)c3ccc(C)cc3)ccc21. The molecule has 0 amide bonds. The zero-order chi connectivity index (χ0) is 21.7. The van der Waals surface area contributed by atoms with E-state index in [1.54, 1.807) is 31.2 Å². The van der Waals surface area contributed by atoms with Crippen LogP contribution in [-0.4, -0.2) is 32.2 Å². The Kier molecular flexibility index (Phi) is 6.95. The van der Waals surface area contributed by atoms with E-state index in [0.29, 0.717) is 19.4 Å². The van der Waals surface area contributed by atoms with Crippen LogP contribution in [0.1, 0.15) is 37.4 Å². The molecule has 0 N–H and O–H groups in total. The first-order valence-corrected chi connectivity index (χ1v) is 11.4. The van der Waals surface area contributed by atoms with E-state index in [1.165, 1.54) is 0 Å². The molecule has 0 aliphatic carbocycles. The van der Waals surface area contributed by atoms with E-state index in [-0.39, 0.29) is 17.5 Å². The second-order valence-electron chi connectivity index (χ2n) is 7.24. The van der Waals surface area contributed by atoms with Gasteiger partial charge in [0.25, 0.3) is 10.1 Å². The highest BCUT2D eigenvalue weighted by Gasteiger charge is 2.18. The zero-order valence-corrected chi connectivity index (χ0v) is 18.3. The van der Waals surface area contributed by atoms with Crippen LogP contribution < -0.4 is 0 Å². The molecule has 6 nitrogen and oxygen atoms in total. The molecule has 160 valence electrons. The van der Waals surface area contributed by atoms with E-state index < -0.39 is 16.2 Å². The van der Waals surface area contributed by atoms with Crippen LogP contribution in [0.4, 0.5) is 0 Å². The van der Waals surface area contributed by atoms with Gasteiger partial charge in [0.1, 0.15) is 6.04 Å². The number of benzene rings is 2. The van der Waals surface area contributed by atoms with Crippen LogP contribution in [0, 0.1) is 6.92 Å². The number of esters is 1. The molecule has 0 radical (unpaired) electrons. The monoisotopic (exact) mass is 429 g/mol. The van der Waals surface area contributed by atoms with Crippen molar-refractivity contribution < 1.29 is 22.1 Å². The molecular formula is C23H27NO5S. The Balaban J connectivity index is 1.59. The molecule has 0 spiro atoms. The Bertz CT molecular complexity index is 1120. The van der Waals surface area contributed by atoms with Crippen molar-refractivity contribution in [3.8, 4) is 0 Å². The fourth-order valence-electron chi connectivity index (χ4n) is 3.30. The zero-order valence-electron chi connectivity index (χ0n) is 17.5. The molecule has 0 aliphatic rings. The number of hydrogen-bond acceptors (Lipinski definition) is 5. The van der Waals surface area contributed by atoms with E-state index in [2.05, 4.69) is 6.07 Å². The summed E-state index contributed by atoms with van der Waals surface area (Å²) in [5, 5.41) is 1.02. The normalized spacial score (nSPS) is 12.8. The molecule has 1 heterocycles.